The molecule has 104 valence electrons. The van der Waals surface area contributed by atoms with Crippen molar-refractivity contribution in [2.24, 2.45) is 0 Å². The lowest BCUT2D eigenvalue weighted by molar-refractivity contribution is -0.116. The Morgan fingerprint density at radius 2 is 2.32 bits per heavy atom. The van der Waals surface area contributed by atoms with E-state index in [0.29, 0.717) is 6.54 Å². The topological polar surface area (TPSA) is 88.2 Å². The van der Waals surface area contributed by atoms with Crippen LogP contribution in [-0.4, -0.2) is 43.4 Å². The summed E-state index contributed by atoms with van der Waals surface area (Å²) in [5.41, 5.74) is 0. The maximum atomic E-state index is 12.6. The molecule has 1 fully saturated rings. The lowest BCUT2D eigenvalue weighted by Crippen LogP contribution is -2.46. The van der Waals surface area contributed by atoms with Crippen molar-refractivity contribution < 1.29 is 17.6 Å². The predicted molar refractivity (Wildman–Crippen MR) is 67.9 cm³/mol. The Balaban J connectivity index is 1.89. The number of hydrogen-bond acceptors (Lipinski definition) is 5. The van der Waals surface area contributed by atoms with Crippen LogP contribution in [0.25, 0.3) is 0 Å². The van der Waals surface area contributed by atoms with Crippen LogP contribution in [0.4, 0.5) is 10.2 Å². The third-order valence-corrected chi connectivity index (χ3v) is 4.46. The highest BCUT2D eigenvalue weighted by atomic mass is 32.2. The molecule has 6 nitrogen and oxygen atoms in total. The molecule has 1 unspecified atom stereocenters. The number of carbonyl (C=O) groups is 1. The van der Waals surface area contributed by atoms with Crippen LogP contribution >= 0.6 is 0 Å². The van der Waals surface area contributed by atoms with Crippen molar-refractivity contribution in [3.8, 4) is 0 Å². The highest BCUT2D eigenvalue weighted by Crippen LogP contribution is 2.08. The van der Waals surface area contributed by atoms with E-state index in [0.717, 1.165) is 6.20 Å². The fourth-order valence-corrected chi connectivity index (χ4v) is 3.31. The van der Waals surface area contributed by atoms with Crippen LogP contribution in [-0.2, 0) is 14.6 Å². The summed E-state index contributed by atoms with van der Waals surface area (Å²) >= 11 is 0. The minimum atomic E-state index is -3.06. The number of hydrogen-bond donors (Lipinski definition) is 2. The minimum absolute atomic E-state index is 0.0400. The van der Waals surface area contributed by atoms with E-state index in [1.807, 2.05) is 0 Å². The van der Waals surface area contributed by atoms with Crippen molar-refractivity contribution >= 4 is 21.6 Å². The number of anilines is 1. The molecule has 19 heavy (non-hydrogen) atoms. The molecule has 2 heterocycles. The molecule has 1 atom stereocenters. The maximum absolute atomic E-state index is 12.6. The first-order valence-electron chi connectivity index (χ1n) is 5.80. The van der Waals surface area contributed by atoms with Crippen molar-refractivity contribution in [2.75, 3.05) is 23.4 Å². The van der Waals surface area contributed by atoms with E-state index in [-0.39, 0.29) is 35.7 Å². The van der Waals surface area contributed by atoms with Crippen LogP contribution in [0.15, 0.2) is 18.3 Å². The highest BCUT2D eigenvalue weighted by Gasteiger charge is 2.25. The van der Waals surface area contributed by atoms with Gasteiger partial charge in [-0.05, 0) is 12.1 Å². The molecule has 1 aliphatic heterocycles. The van der Waals surface area contributed by atoms with E-state index in [4.69, 9.17) is 0 Å². The number of halogens is 1. The molecule has 0 saturated carbocycles. The fourth-order valence-electron chi connectivity index (χ4n) is 1.87. The van der Waals surface area contributed by atoms with Crippen LogP contribution in [0.2, 0.25) is 0 Å². The lowest BCUT2D eigenvalue weighted by atomic mass is 10.2. The number of sulfone groups is 1. The molecule has 0 bridgehead atoms. The van der Waals surface area contributed by atoms with Gasteiger partial charge >= 0.3 is 0 Å². The van der Waals surface area contributed by atoms with E-state index in [2.05, 4.69) is 15.6 Å². The first-order valence-corrected chi connectivity index (χ1v) is 7.62. The first-order chi connectivity index (χ1) is 8.94. The molecule has 0 radical (unpaired) electrons. The summed E-state index contributed by atoms with van der Waals surface area (Å²) in [6.07, 6.45) is 1.04. The number of amides is 1. The van der Waals surface area contributed by atoms with Gasteiger partial charge in [-0.3, -0.25) is 4.79 Å². The normalized spacial score (nSPS) is 21.8. The molecule has 0 spiro atoms. The van der Waals surface area contributed by atoms with E-state index >= 15 is 0 Å². The molecule has 1 aromatic rings. The Labute approximate surface area is 110 Å². The molecule has 0 aliphatic carbocycles. The first kappa shape index (κ1) is 13.9. The monoisotopic (exact) mass is 287 g/mol. The van der Waals surface area contributed by atoms with E-state index < -0.39 is 15.7 Å². The summed E-state index contributed by atoms with van der Waals surface area (Å²) in [4.78, 5) is 15.4. The molecule has 0 aromatic carbocycles. The lowest BCUT2D eigenvalue weighted by Gasteiger charge is -2.22. The molecular formula is C11H14FN3O3S. The zero-order valence-corrected chi connectivity index (χ0v) is 10.9. The largest absolute Gasteiger partial charge is 0.311 e. The number of nitrogens with one attached hydrogen (secondary N) is 2. The van der Waals surface area contributed by atoms with Gasteiger partial charge in [0, 0.05) is 19.0 Å². The number of carbonyl (C=O) groups excluding carboxylic acids is 1. The average Bonchev–Trinajstić information content (AvgIpc) is 2.30. The molecule has 2 rings (SSSR count). The van der Waals surface area contributed by atoms with Crippen LogP contribution in [0.3, 0.4) is 0 Å². The van der Waals surface area contributed by atoms with Gasteiger partial charge in [0.15, 0.2) is 9.84 Å². The number of pyridine rings is 1. The second-order valence-corrected chi connectivity index (χ2v) is 6.61. The standard InChI is InChI=1S/C11H14FN3O3S/c12-8-1-2-10(14-6-8)15-11(16)5-9-7-19(17,18)4-3-13-9/h1-2,6,9,13H,3-5,7H2,(H,14,15,16). The summed E-state index contributed by atoms with van der Waals surface area (Å²) in [6.45, 7) is 0.356. The van der Waals surface area contributed by atoms with Gasteiger partial charge < -0.3 is 10.6 Å². The molecule has 1 aliphatic rings. The van der Waals surface area contributed by atoms with E-state index in [9.17, 15) is 17.6 Å². The molecular weight excluding hydrogens is 273 g/mol. The third kappa shape index (κ3) is 4.25. The number of rotatable bonds is 3. The summed E-state index contributed by atoms with van der Waals surface area (Å²) in [5.74, 6) is -0.543. The van der Waals surface area contributed by atoms with Gasteiger partial charge in [-0.15, -0.1) is 0 Å². The zero-order valence-electron chi connectivity index (χ0n) is 10.1. The fraction of sp³-hybridized carbons (Fsp3) is 0.455. The van der Waals surface area contributed by atoms with Crippen LogP contribution in [0.1, 0.15) is 6.42 Å². The third-order valence-electron chi connectivity index (χ3n) is 2.73. The van der Waals surface area contributed by atoms with Crippen molar-refractivity contribution in [3.63, 3.8) is 0 Å². The van der Waals surface area contributed by atoms with Crippen molar-refractivity contribution in [3.05, 3.63) is 24.1 Å². The Kier molecular flexibility index (Phi) is 4.11. The smallest absolute Gasteiger partial charge is 0.227 e. The Morgan fingerprint density at radius 1 is 1.53 bits per heavy atom. The predicted octanol–water partition coefficient (Wildman–Crippen LogP) is -0.0641. The van der Waals surface area contributed by atoms with Gasteiger partial charge in [-0.2, -0.15) is 0 Å². The Hall–Kier alpha value is -1.54. The molecule has 1 amide bonds. The van der Waals surface area contributed by atoms with Gasteiger partial charge in [0.05, 0.1) is 17.7 Å². The summed E-state index contributed by atoms with van der Waals surface area (Å²) < 4.78 is 35.5. The van der Waals surface area contributed by atoms with Gasteiger partial charge in [0.1, 0.15) is 11.6 Å². The average molecular weight is 287 g/mol. The van der Waals surface area contributed by atoms with Crippen LogP contribution < -0.4 is 10.6 Å². The van der Waals surface area contributed by atoms with Crippen LogP contribution in [0, 0.1) is 5.82 Å². The minimum Gasteiger partial charge on any atom is -0.311 e. The van der Waals surface area contributed by atoms with Crippen molar-refractivity contribution in [1.29, 1.82) is 0 Å². The van der Waals surface area contributed by atoms with Gasteiger partial charge in [-0.25, -0.2) is 17.8 Å². The summed E-state index contributed by atoms with van der Waals surface area (Å²) in [7, 11) is -3.06. The van der Waals surface area contributed by atoms with Gasteiger partial charge in [0.25, 0.3) is 0 Å². The van der Waals surface area contributed by atoms with Gasteiger partial charge in [-0.1, -0.05) is 0 Å². The molecule has 2 N–H and O–H groups in total. The molecule has 1 aromatic heterocycles. The van der Waals surface area contributed by atoms with Gasteiger partial charge in [0.2, 0.25) is 5.91 Å². The second-order valence-electron chi connectivity index (χ2n) is 4.38. The Morgan fingerprint density at radius 3 is 2.95 bits per heavy atom. The SMILES string of the molecule is O=C(CC1CS(=O)(=O)CCN1)Nc1ccc(F)cn1. The van der Waals surface area contributed by atoms with E-state index in [1.165, 1.54) is 12.1 Å². The summed E-state index contributed by atoms with van der Waals surface area (Å²) in [6, 6.07) is 2.14. The zero-order chi connectivity index (χ0) is 13.9. The van der Waals surface area contributed by atoms with Crippen molar-refractivity contribution in [2.45, 2.75) is 12.5 Å². The van der Waals surface area contributed by atoms with Crippen molar-refractivity contribution in [1.82, 2.24) is 10.3 Å². The maximum Gasteiger partial charge on any atom is 0.227 e. The Bertz CT molecular complexity index is 559. The summed E-state index contributed by atoms with van der Waals surface area (Å²) in [5, 5.41) is 5.47. The number of nitrogens with zero attached hydrogens (tertiary/aromatic N) is 1. The number of aromatic nitrogens is 1. The molecule has 8 heteroatoms. The molecule has 1 saturated heterocycles. The highest BCUT2D eigenvalue weighted by molar-refractivity contribution is 7.91. The van der Waals surface area contributed by atoms with E-state index in [1.54, 1.807) is 0 Å². The second kappa shape index (κ2) is 5.62. The van der Waals surface area contributed by atoms with Crippen LogP contribution in [0.5, 0.6) is 0 Å². The quantitative estimate of drug-likeness (QED) is 0.813.